The molecule has 0 radical (unpaired) electrons. The Hall–Kier alpha value is -1.67. The molecule has 2 aromatic rings. The first kappa shape index (κ1) is 18.1. The second kappa shape index (κ2) is 7.29. The molecule has 1 saturated heterocycles. The van der Waals surface area contributed by atoms with Gasteiger partial charge in [0.05, 0.1) is 18.8 Å². The Labute approximate surface area is 149 Å². The van der Waals surface area contributed by atoms with Gasteiger partial charge in [-0.1, -0.05) is 30.3 Å². The van der Waals surface area contributed by atoms with Gasteiger partial charge in [-0.2, -0.15) is 0 Å². The number of benzene rings is 1. The number of hydrogen-bond donors (Lipinski definition) is 0. The number of furan rings is 1. The summed E-state index contributed by atoms with van der Waals surface area (Å²) in [7, 11) is -0.555. The van der Waals surface area contributed by atoms with Crippen molar-refractivity contribution in [2.45, 2.75) is 30.8 Å². The highest BCUT2D eigenvalue weighted by Crippen LogP contribution is 2.27. The van der Waals surface area contributed by atoms with Crippen molar-refractivity contribution in [1.29, 1.82) is 0 Å². The van der Waals surface area contributed by atoms with E-state index in [1.807, 2.05) is 25.1 Å². The largest absolute Gasteiger partial charge is 0.447 e. The van der Waals surface area contributed by atoms with Crippen molar-refractivity contribution in [3.05, 3.63) is 53.8 Å². The van der Waals surface area contributed by atoms with Crippen LogP contribution in [-0.4, -0.2) is 50.9 Å². The van der Waals surface area contributed by atoms with Gasteiger partial charge in [-0.15, -0.1) is 0 Å². The van der Waals surface area contributed by atoms with Crippen molar-refractivity contribution in [2.24, 2.45) is 0 Å². The quantitative estimate of drug-likeness (QED) is 0.816. The van der Waals surface area contributed by atoms with E-state index in [0.29, 0.717) is 12.3 Å². The summed E-state index contributed by atoms with van der Waals surface area (Å²) in [6.45, 7) is 4.12. The van der Waals surface area contributed by atoms with Crippen molar-refractivity contribution < 1.29 is 17.6 Å². The number of ether oxygens (including phenoxy) is 1. The minimum absolute atomic E-state index is 0.00453. The Morgan fingerprint density at radius 3 is 2.52 bits per heavy atom. The van der Waals surface area contributed by atoms with Crippen molar-refractivity contribution >= 4 is 10.0 Å². The molecule has 7 heteroatoms. The molecule has 6 nitrogen and oxygen atoms in total. The van der Waals surface area contributed by atoms with Gasteiger partial charge in [-0.25, -0.2) is 12.7 Å². The van der Waals surface area contributed by atoms with Gasteiger partial charge in [-0.3, -0.25) is 4.90 Å². The first-order chi connectivity index (χ1) is 11.9. The third-order valence-electron chi connectivity index (χ3n) is 4.26. The molecule has 3 rings (SSSR count). The fourth-order valence-corrected chi connectivity index (χ4v) is 3.81. The summed E-state index contributed by atoms with van der Waals surface area (Å²) >= 11 is 0. The highest BCUT2D eigenvalue weighted by Gasteiger charge is 2.28. The van der Waals surface area contributed by atoms with Gasteiger partial charge in [-0.05, 0) is 24.6 Å². The molecular weight excluding hydrogens is 340 g/mol. The van der Waals surface area contributed by atoms with Crippen molar-refractivity contribution in [1.82, 2.24) is 9.21 Å². The molecule has 1 aliphatic rings. The molecule has 1 aliphatic heterocycles. The summed E-state index contributed by atoms with van der Waals surface area (Å²) in [6, 6.07) is 13.4. The molecule has 2 unspecified atom stereocenters. The number of hydrogen-bond acceptors (Lipinski definition) is 5. The predicted molar refractivity (Wildman–Crippen MR) is 94.6 cm³/mol. The zero-order chi connectivity index (χ0) is 18.0. The molecule has 0 spiro atoms. The maximum Gasteiger partial charge on any atom is 0.275 e. The Bertz CT molecular complexity index is 801. The van der Waals surface area contributed by atoms with Gasteiger partial charge in [0.1, 0.15) is 5.76 Å². The first-order valence-electron chi connectivity index (χ1n) is 8.30. The molecule has 0 saturated carbocycles. The number of sulfonamides is 1. The standard InChI is InChI=1S/C18H24N2O4S/c1-14-11-20(13-17(23-14)15-7-5-4-6-8-15)12-16-9-10-18(24-16)25(21,22)19(2)3/h4-10,14,17H,11-13H2,1-3H3. The molecule has 25 heavy (non-hydrogen) atoms. The lowest BCUT2D eigenvalue weighted by atomic mass is 10.1. The lowest BCUT2D eigenvalue weighted by Crippen LogP contribution is -2.42. The Balaban J connectivity index is 1.71. The molecule has 0 amide bonds. The third-order valence-corrected chi connectivity index (χ3v) is 5.95. The van der Waals surface area contributed by atoms with Gasteiger partial charge in [0.25, 0.3) is 10.0 Å². The highest BCUT2D eigenvalue weighted by atomic mass is 32.2. The van der Waals surface area contributed by atoms with Gasteiger partial charge in [0.15, 0.2) is 0 Å². The molecule has 0 N–H and O–H groups in total. The number of rotatable bonds is 5. The summed E-state index contributed by atoms with van der Waals surface area (Å²) in [5.41, 5.74) is 1.15. The molecule has 0 bridgehead atoms. The van der Waals surface area contributed by atoms with E-state index in [1.54, 1.807) is 6.07 Å². The average Bonchev–Trinajstić information content (AvgIpc) is 3.04. The van der Waals surface area contributed by atoms with Gasteiger partial charge >= 0.3 is 0 Å². The van der Waals surface area contributed by atoms with E-state index in [4.69, 9.17) is 9.15 Å². The maximum atomic E-state index is 12.1. The molecule has 2 heterocycles. The fraction of sp³-hybridized carbons (Fsp3) is 0.444. The average molecular weight is 364 g/mol. The van der Waals surface area contributed by atoms with Crippen LogP contribution < -0.4 is 0 Å². The molecule has 136 valence electrons. The van der Waals surface area contributed by atoms with Crippen molar-refractivity contribution in [3.63, 3.8) is 0 Å². The SMILES string of the molecule is CC1CN(Cc2ccc(S(=O)(=O)N(C)C)o2)CC(c2ccccc2)O1. The van der Waals surface area contributed by atoms with Crippen LogP contribution in [0.5, 0.6) is 0 Å². The number of nitrogens with zero attached hydrogens (tertiary/aromatic N) is 2. The van der Waals surface area contributed by atoms with E-state index in [9.17, 15) is 8.42 Å². The molecule has 1 aromatic heterocycles. The van der Waals surface area contributed by atoms with E-state index in [-0.39, 0.29) is 17.3 Å². The van der Waals surface area contributed by atoms with E-state index in [2.05, 4.69) is 17.0 Å². The van der Waals surface area contributed by atoms with E-state index in [0.717, 1.165) is 23.0 Å². The predicted octanol–water partition coefficient (Wildman–Crippen LogP) is 2.49. The summed E-state index contributed by atoms with van der Waals surface area (Å²) in [5, 5.41) is -0.0200. The van der Waals surface area contributed by atoms with Crippen LogP contribution >= 0.6 is 0 Å². The van der Waals surface area contributed by atoms with E-state index in [1.165, 1.54) is 20.2 Å². The minimum atomic E-state index is -3.54. The third kappa shape index (κ3) is 4.12. The van der Waals surface area contributed by atoms with Crippen LogP contribution in [0.15, 0.2) is 52.0 Å². The molecule has 1 fully saturated rings. The van der Waals surface area contributed by atoms with E-state index >= 15 is 0 Å². The minimum Gasteiger partial charge on any atom is -0.447 e. The monoisotopic (exact) mass is 364 g/mol. The van der Waals surface area contributed by atoms with Crippen molar-refractivity contribution in [2.75, 3.05) is 27.2 Å². The van der Waals surface area contributed by atoms with Gasteiger partial charge in [0, 0.05) is 27.2 Å². The lowest BCUT2D eigenvalue weighted by Gasteiger charge is -2.36. The van der Waals surface area contributed by atoms with Crippen molar-refractivity contribution in [3.8, 4) is 0 Å². The molecular formula is C18H24N2O4S. The Kier molecular flexibility index (Phi) is 5.29. The van der Waals surface area contributed by atoms with Crippen LogP contribution in [0.3, 0.4) is 0 Å². The number of morpholine rings is 1. The zero-order valence-corrected chi connectivity index (χ0v) is 15.6. The normalized spacial score (nSPS) is 22.4. The first-order valence-corrected chi connectivity index (χ1v) is 9.74. The van der Waals surface area contributed by atoms with Gasteiger partial charge < -0.3 is 9.15 Å². The van der Waals surface area contributed by atoms with Crippen LogP contribution in [-0.2, 0) is 21.3 Å². The van der Waals surface area contributed by atoms with Crippen LogP contribution in [0, 0.1) is 0 Å². The zero-order valence-electron chi connectivity index (χ0n) is 14.8. The highest BCUT2D eigenvalue weighted by molar-refractivity contribution is 7.88. The maximum absolute atomic E-state index is 12.1. The molecule has 0 aliphatic carbocycles. The Morgan fingerprint density at radius 1 is 1.12 bits per heavy atom. The summed E-state index contributed by atoms with van der Waals surface area (Å²) in [4.78, 5) is 2.23. The lowest BCUT2D eigenvalue weighted by molar-refractivity contribution is -0.0828. The van der Waals surface area contributed by atoms with Crippen LogP contribution in [0.4, 0.5) is 0 Å². The second-order valence-electron chi connectivity index (χ2n) is 6.55. The van der Waals surface area contributed by atoms with Crippen LogP contribution in [0.1, 0.15) is 24.4 Å². The van der Waals surface area contributed by atoms with Gasteiger partial charge in [0.2, 0.25) is 5.09 Å². The topological polar surface area (TPSA) is 63.0 Å². The fourth-order valence-electron chi connectivity index (χ4n) is 3.00. The summed E-state index contributed by atoms with van der Waals surface area (Å²) in [5.74, 6) is 0.640. The second-order valence-corrected chi connectivity index (χ2v) is 8.63. The van der Waals surface area contributed by atoms with Crippen LogP contribution in [0.25, 0.3) is 0 Å². The summed E-state index contributed by atoms with van der Waals surface area (Å²) < 4.78 is 37.0. The Morgan fingerprint density at radius 2 is 1.84 bits per heavy atom. The molecule has 1 aromatic carbocycles. The smallest absolute Gasteiger partial charge is 0.275 e. The van der Waals surface area contributed by atoms with E-state index < -0.39 is 10.0 Å². The summed E-state index contributed by atoms with van der Waals surface area (Å²) in [6.07, 6.45) is 0.101. The van der Waals surface area contributed by atoms with Crippen LogP contribution in [0.2, 0.25) is 0 Å². The molecule has 2 atom stereocenters.